The van der Waals surface area contributed by atoms with Gasteiger partial charge in [-0.25, -0.2) is 4.39 Å². The molecule has 2 amide bonds. The summed E-state index contributed by atoms with van der Waals surface area (Å²) >= 11 is 0. The summed E-state index contributed by atoms with van der Waals surface area (Å²) in [5, 5.41) is 2.84. The maximum atomic E-state index is 13.3. The third-order valence-corrected chi connectivity index (χ3v) is 5.01. The topological polar surface area (TPSA) is 67.9 Å². The molecule has 0 spiro atoms. The Kier molecular flexibility index (Phi) is 5.58. The second-order valence-corrected chi connectivity index (χ2v) is 7.18. The van der Waals surface area contributed by atoms with E-state index in [2.05, 4.69) is 5.32 Å². The Balaban J connectivity index is 1.61. The zero-order chi connectivity index (χ0) is 22.0. The van der Waals surface area contributed by atoms with Gasteiger partial charge in [0.05, 0.1) is 19.3 Å². The van der Waals surface area contributed by atoms with E-state index in [9.17, 15) is 14.0 Å². The first-order valence-electron chi connectivity index (χ1n) is 9.76. The zero-order valence-corrected chi connectivity index (χ0v) is 17.1. The molecule has 1 atom stereocenters. The summed E-state index contributed by atoms with van der Waals surface area (Å²) in [6.45, 7) is 1.94. The molecule has 1 heterocycles. The fraction of sp³-hybridized carbons (Fsp3) is 0.167. The van der Waals surface area contributed by atoms with Gasteiger partial charge >= 0.3 is 0 Å². The fourth-order valence-corrected chi connectivity index (χ4v) is 3.39. The molecule has 0 fully saturated rings. The van der Waals surface area contributed by atoms with Crippen molar-refractivity contribution in [2.75, 3.05) is 17.3 Å². The number of amides is 2. The number of rotatable bonds is 5. The van der Waals surface area contributed by atoms with Gasteiger partial charge in [-0.3, -0.25) is 9.59 Å². The summed E-state index contributed by atoms with van der Waals surface area (Å²) in [6.07, 6.45) is -0.648. The number of ether oxygens (including phenoxy) is 2. The first-order valence-corrected chi connectivity index (χ1v) is 9.76. The smallest absolute Gasteiger partial charge is 0.268 e. The Labute approximate surface area is 179 Å². The number of hydrogen-bond acceptors (Lipinski definition) is 4. The summed E-state index contributed by atoms with van der Waals surface area (Å²) in [5.41, 5.74) is 2.28. The zero-order valence-electron chi connectivity index (χ0n) is 17.1. The van der Waals surface area contributed by atoms with Gasteiger partial charge < -0.3 is 19.7 Å². The van der Waals surface area contributed by atoms with E-state index in [-0.39, 0.29) is 24.2 Å². The van der Waals surface area contributed by atoms with Crippen LogP contribution in [0.25, 0.3) is 0 Å². The molecule has 1 N–H and O–H groups in total. The van der Waals surface area contributed by atoms with Crippen LogP contribution in [0.2, 0.25) is 0 Å². The number of nitrogens with one attached hydrogen (secondary N) is 1. The van der Waals surface area contributed by atoms with Crippen molar-refractivity contribution < 1.29 is 23.5 Å². The molecule has 0 saturated heterocycles. The molecular formula is C24H21FN2O4. The lowest BCUT2D eigenvalue weighted by Crippen LogP contribution is -2.44. The van der Waals surface area contributed by atoms with Gasteiger partial charge in [-0.15, -0.1) is 0 Å². The van der Waals surface area contributed by atoms with Gasteiger partial charge in [-0.1, -0.05) is 18.2 Å². The van der Waals surface area contributed by atoms with Crippen LogP contribution in [-0.4, -0.2) is 25.0 Å². The Morgan fingerprint density at radius 1 is 1.13 bits per heavy atom. The van der Waals surface area contributed by atoms with Gasteiger partial charge in [0.15, 0.2) is 6.10 Å². The van der Waals surface area contributed by atoms with Crippen LogP contribution in [0.1, 0.15) is 22.8 Å². The van der Waals surface area contributed by atoms with E-state index in [1.165, 1.54) is 19.2 Å². The van der Waals surface area contributed by atoms with E-state index in [1.807, 2.05) is 0 Å². The maximum absolute atomic E-state index is 13.3. The summed E-state index contributed by atoms with van der Waals surface area (Å²) < 4.78 is 24.1. The predicted molar refractivity (Wildman–Crippen MR) is 115 cm³/mol. The second kappa shape index (κ2) is 8.47. The van der Waals surface area contributed by atoms with E-state index in [0.717, 1.165) is 5.56 Å². The SMILES string of the molecule is COc1cccc(C(=O)Nc2ccc3c(c2)N(Cc2ccc(F)cc2)C(=O)C(C)O3)c1. The van der Waals surface area contributed by atoms with Crippen LogP contribution in [0.4, 0.5) is 15.8 Å². The van der Waals surface area contributed by atoms with Crippen LogP contribution in [0.15, 0.2) is 66.7 Å². The standard InChI is InChI=1S/C24H21FN2O4/c1-15-24(29)27(14-16-6-8-18(25)9-7-16)21-13-19(10-11-22(21)31-15)26-23(28)17-4-3-5-20(12-17)30-2/h3-13,15H,14H2,1-2H3,(H,26,28). The fourth-order valence-electron chi connectivity index (χ4n) is 3.39. The number of halogens is 1. The number of methoxy groups -OCH3 is 1. The van der Waals surface area contributed by atoms with Crippen LogP contribution in [0.5, 0.6) is 11.5 Å². The first kappa shape index (κ1) is 20.4. The molecule has 1 unspecified atom stereocenters. The Bertz CT molecular complexity index is 1130. The molecule has 1 aliphatic rings. The average molecular weight is 420 g/mol. The molecule has 3 aromatic carbocycles. The maximum Gasteiger partial charge on any atom is 0.268 e. The third-order valence-electron chi connectivity index (χ3n) is 5.01. The van der Waals surface area contributed by atoms with Crippen molar-refractivity contribution in [3.63, 3.8) is 0 Å². The molecule has 3 aromatic rings. The number of benzene rings is 3. The number of nitrogens with zero attached hydrogens (tertiary/aromatic N) is 1. The third kappa shape index (κ3) is 4.35. The summed E-state index contributed by atoms with van der Waals surface area (Å²) in [5.74, 6) is 0.256. The van der Waals surface area contributed by atoms with Gasteiger partial charge in [0.1, 0.15) is 17.3 Å². The molecule has 0 radical (unpaired) electrons. The molecule has 0 aliphatic carbocycles. The second-order valence-electron chi connectivity index (χ2n) is 7.18. The molecule has 0 bridgehead atoms. The van der Waals surface area contributed by atoms with E-state index in [0.29, 0.717) is 28.4 Å². The first-order chi connectivity index (χ1) is 14.9. The molecule has 0 aromatic heterocycles. The van der Waals surface area contributed by atoms with Gasteiger partial charge in [0, 0.05) is 11.3 Å². The molecule has 0 saturated carbocycles. The highest BCUT2D eigenvalue weighted by Gasteiger charge is 2.32. The van der Waals surface area contributed by atoms with E-state index in [1.54, 1.807) is 66.4 Å². The lowest BCUT2D eigenvalue weighted by atomic mass is 10.1. The largest absolute Gasteiger partial charge is 0.497 e. The number of fused-ring (bicyclic) bond motifs is 1. The molecule has 4 rings (SSSR count). The summed E-state index contributed by atoms with van der Waals surface area (Å²) in [7, 11) is 1.54. The molecule has 1 aliphatic heterocycles. The highest BCUT2D eigenvalue weighted by atomic mass is 19.1. The Morgan fingerprint density at radius 2 is 1.90 bits per heavy atom. The minimum atomic E-state index is -0.648. The Hall–Kier alpha value is -3.87. The van der Waals surface area contributed by atoms with Crippen molar-refractivity contribution in [3.8, 4) is 11.5 Å². The lowest BCUT2D eigenvalue weighted by Gasteiger charge is -2.33. The van der Waals surface area contributed by atoms with E-state index < -0.39 is 6.10 Å². The van der Waals surface area contributed by atoms with Crippen LogP contribution >= 0.6 is 0 Å². The summed E-state index contributed by atoms with van der Waals surface area (Å²) in [6, 6.07) is 17.9. The highest BCUT2D eigenvalue weighted by Crippen LogP contribution is 2.37. The van der Waals surface area contributed by atoms with Gasteiger partial charge in [0.2, 0.25) is 0 Å². The van der Waals surface area contributed by atoms with E-state index in [4.69, 9.17) is 9.47 Å². The van der Waals surface area contributed by atoms with Crippen molar-refractivity contribution in [1.29, 1.82) is 0 Å². The van der Waals surface area contributed by atoms with Crippen molar-refractivity contribution >= 4 is 23.2 Å². The van der Waals surface area contributed by atoms with Crippen LogP contribution in [0, 0.1) is 5.82 Å². The van der Waals surface area contributed by atoms with E-state index >= 15 is 0 Å². The van der Waals surface area contributed by atoms with Crippen molar-refractivity contribution in [3.05, 3.63) is 83.7 Å². The predicted octanol–water partition coefficient (Wildman–Crippen LogP) is 4.40. The molecule has 7 heteroatoms. The van der Waals surface area contributed by atoms with Crippen molar-refractivity contribution in [2.45, 2.75) is 19.6 Å². The molecule has 6 nitrogen and oxygen atoms in total. The number of hydrogen-bond donors (Lipinski definition) is 1. The van der Waals surface area contributed by atoms with Gasteiger partial charge in [0.25, 0.3) is 11.8 Å². The highest BCUT2D eigenvalue weighted by molar-refractivity contribution is 6.06. The molecule has 158 valence electrons. The molecule has 31 heavy (non-hydrogen) atoms. The summed E-state index contributed by atoms with van der Waals surface area (Å²) in [4.78, 5) is 27.0. The quantitative estimate of drug-likeness (QED) is 0.664. The normalized spacial score (nSPS) is 15.1. The number of carbonyl (C=O) groups excluding carboxylic acids is 2. The van der Waals surface area contributed by atoms with Crippen molar-refractivity contribution in [1.82, 2.24) is 0 Å². The van der Waals surface area contributed by atoms with Crippen LogP contribution in [-0.2, 0) is 11.3 Å². The number of anilines is 2. The number of carbonyl (C=O) groups is 2. The minimum Gasteiger partial charge on any atom is -0.497 e. The van der Waals surface area contributed by atoms with Gasteiger partial charge in [-0.2, -0.15) is 0 Å². The monoisotopic (exact) mass is 420 g/mol. The van der Waals surface area contributed by atoms with Gasteiger partial charge in [-0.05, 0) is 61.0 Å². The average Bonchev–Trinajstić information content (AvgIpc) is 2.78. The minimum absolute atomic E-state index is 0.215. The van der Waals surface area contributed by atoms with Crippen LogP contribution < -0.4 is 19.7 Å². The van der Waals surface area contributed by atoms with Crippen molar-refractivity contribution in [2.24, 2.45) is 0 Å². The Morgan fingerprint density at radius 3 is 2.65 bits per heavy atom. The molecular weight excluding hydrogens is 399 g/mol. The van der Waals surface area contributed by atoms with Crippen LogP contribution in [0.3, 0.4) is 0 Å². The lowest BCUT2D eigenvalue weighted by molar-refractivity contribution is -0.125.